The summed E-state index contributed by atoms with van der Waals surface area (Å²) >= 11 is 1.74. The van der Waals surface area contributed by atoms with Crippen LogP contribution in [-0.4, -0.2) is 12.1 Å². The summed E-state index contributed by atoms with van der Waals surface area (Å²) in [5.74, 6) is 1.25. The maximum Gasteiger partial charge on any atom is 0.122 e. The van der Waals surface area contributed by atoms with Crippen LogP contribution in [0.4, 0.5) is 0 Å². The van der Waals surface area contributed by atoms with Gasteiger partial charge in [0.05, 0.1) is 5.69 Å². The molecule has 0 saturated heterocycles. The largest absolute Gasteiger partial charge is 0.374 e. The van der Waals surface area contributed by atoms with Crippen molar-refractivity contribution in [1.29, 1.82) is 0 Å². The summed E-state index contributed by atoms with van der Waals surface area (Å²) in [6, 6.07) is 0. The van der Waals surface area contributed by atoms with Gasteiger partial charge in [-0.15, -0.1) is 11.3 Å². The van der Waals surface area contributed by atoms with Gasteiger partial charge in [-0.1, -0.05) is 13.8 Å². The molecule has 0 aromatic carbocycles. The first kappa shape index (κ1) is 10.1. The summed E-state index contributed by atoms with van der Waals surface area (Å²) in [5.41, 5.74) is 1.20. The van der Waals surface area contributed by atoms with Crippen molar-refractivity contribution in [3.8, 4) is 0 Å². The number of methoxy groups -OCH3 is 1. The van der Waals surface area contributed by atoms with Gasteiger partial charge in [0.15, 0.2) is 0 Å². The van der Waals surface area contributed by atoms with E-state index in [1.165, 1.54) is 23.5 Å². The van der Waals surface area contributed by atoms with E-state index in [1.54, 1.807) is 18.4 Å². The Kier molecular flexibility index (Phi) is 2.88. The molecule has 1 aliphatic rings. The maximum absolute atomic E-state index is 5.50. The molecule has 0 bridgehead atoms. The van der Waals surface area contributed by atoms with Gasteiger partial charge in [0.1, 0.15) is 11.1 Å². The predicted molar refractivity (Wildman–Crippen MR) is 58.7 cm³/mol. The average molecular weight is 211 g/mol. The van der Waals surface area contributed by atoms with Crippen molar-refractivity contribution in [3.05, 3.63) is 16.1 Å². The third kappa shape index (κ3) is 1.98. The molecule has 0 aliphatic heterocycles. The minimum atomic E-state index is 0.257. The highest BCUT2D eigenvalue weighted by molar-refractivity contribution is 7.09. The summed E-state index contributed by atoms with van der Waals surface area (Å²) in [6.45, 7) is 4.36. The number of thiazole rings is 1. The predicted octanol–water partition coefficient (Wildman–Crippen LogP) is 3.36. The molecule has 1 aliphatic carbocycles. The zero-order chi connectivity index (χ0) is 10.1. The van der Waals surface area contributed by atoms with Gasteiger partial charge in [0.25, 0.3) is 0 Å². The molecule has 0 spiro atoms. The number of rotatable bonds is 4. The summed E-state index contributed by atoms with van der Waals surface area (Å²) in [6.07, 6.45) is 2.86. The second kappa shape index (κ2) is 3.99. The molecule has 1 aromatic rings. The van der Waals surface area contributed by atoms with Gasteiger partial charge in [-0.25, -0.2) is 4.98 Å². The highest BCUT2D eigenvalue weighted by Gasteiger charge is 2.34. The van der Waals surface area contributed by atoms with Crippen LogP contribution in [0, 0.1) is 5.92 Å². The van der Waals surface area contributed by atoms with Gasteiger partial charge >= 0.3 is 0 Å². The standard InChI is InChI=1S/C11H17NOS/c1-7(2)9-6-14-11(12-9)10(13-3)8-4-5-8/h6-8,10H,4-5H2,1-3H3. The Bertz CT molecular complexity index is 304. The minimum Gasteiger partial charge on any atom is -0.374 e. The fourth-order valence-electron chi connectivity index (χ4n) is 1.59. The molecule has 0 N–H and O–H groups in total. The first-order valence-corrected chi connectivity index (χ1v) is 6.08. The lowest BCUT2D eigenvalue weighted by atomic mass is 10.1. The second-order valence-corrected chi connectivity index (χ2v) is 5.15. The van der Waals surface area contributed by atoms with Gasteiger partial charge in [0, 0.05) is 12.5 Å². The topological polar surface area (TPSA) is 22.1 Å². The molecule has 3 heteroatoms. The monoisotopic (exact) mass is 211 g/mol. The Balaban J connectivity index is 2.13. The van der Waals surface area contributed by atoms with Crippen molar-refractivity contribution >= 4 is 11.3 Å². The van der Waals surface area contributed by atoms with Gasteiger partial charge in [-0.3, -0.25) is 0 Å². The quantitative estimate of drug-likeness (QED) is 0.762. The Hall–Kier alpha value is -0.410. The van der Waals surface area contributed by atoms with E-state index in [0.717, 1.165) is 5.92 Å². The van der Waals surface area contributed by atoms with Crippen molar-refractivity contribution < 1.29 is 4.74 Å². The van der Waals surface area contributed by atoms with Crippen molar-refractivity contribution in [2.24, 2.45) is 5.92 Å². The lowest BCUT2D eigenvalue weighted by Gasteiger charge is -2.10. The Morgan fingerprint density at radius 1 is 1.50 bits per heavy atom. The van der Waals surface area contributed by atoms with Gasteiger partial charge < -0.3 is 4.74 Å². The summed E-state index contributed by atoms with van der Waals surface area (Å²) in [4.78, 5) is 4.64. The van der Waals surface area contributed by atoms with Crippen LogP contribution in [-0.2, 0) is 4.74 Å². The highest BCUT2D eigenvalue weighted by atomic mass is 32.1. The first-order chi connectivity index (χ1) is 6.72. The Morgan fingerprint density at radius 3 is 2.64 bits per heavy atom. The molecule has 1 aromatic heterocycles. The lowest BCUT2D eigenvalue weighted by Crippen LogP contribution is -2.03. The number of hydrogen-bond donors (Lipinski definition) is 0. The van der Waals surface area contributed by atoms with Crippen molar-refractivity contribution in [2.75, 3.05) is 7.11 Å². The molecule has 0 amide bonds. The molecule has 1 heterocycles. The first-order valence-electron chi connectivity index (χ1n) is 5.20. The van der Waals surface area contributed by atoms with E-state index in [4.69, 9.17) is 4.74 Å². The van der Waals surface area contributed by atoms with E-state index in [1.807, 2.05) is 0 Å². The van der Waals surface area contributed by atoms with Gasteiger partial charge in [0.2, 0.25) is 0 Å². The minimum absolute atomic E-state index is 0.257. The number of hydrogen-bond acceptors (Lipinski definition) is 3. The lowest BCUT2D eigenvalue weighted by molar-refractivity contribution is 0.0842. The van der Waals surface area contributed by atoms with E-state index in [2.05, 4.69) is 24.2 Å². The molecule has 0 radical (unpaired) electrons. The van der Waals surface area contributed by atoms with E-state index in [9.17, 15) is 0 Å². The van der Waals surface area contributed by atoms with Gasteiger partial charge in [-0.2, -0.15) is 0 Å². The van der Waals surface area contributed by atoms with Crippen LogP contribution in [0.5, 0.6) is 0 Å². The Labute approximate surface area is 89.3 Å². The van der Waals surface area contributed by atoms with Crippen molar-refractivity contribution in [1.82, 2.24) is 4.98 Å². The summed E-state index contributed by atoms with van der Waals surface area (Å²) < 4.78 is 5.50. The van der Waals surface area contributed by atoms with Crippen LogP contribution in [0.1, 0.15) is 49.4 Å². The third-order valence-electron chi connectivity index (χ3n) is 2.68. The molecule has 78 valence electrons. The average Bonchev–Trinajstić information content (AvgIpc) is 2.84. The molecular formula is C11H17NOS. The molecule has 1 saturated carbocycles. The fourth-order valence-corrected chi connectivity index (χ4v) is 2.74. The van der Waals surface area contributed by atoms with Crippen LogP contribution in [0.2, 0.25) is 0 Å². The van der Waals surface area contributed by atoms with Gasteiger partial charge in [-0.05, 0) is 24.7 Å². The zero-order valence-corrected chi connectivity index (χ0v) is 9.80. The molecular weight excluding hydrogens is 194 g/mol. The van der Waals surface area contributed by atoms with Crippen LogP contribution in [0.15, 0.2) is 5.38 Å². The molecule has 1 fully saturated rings. The molecule has 14 heavy (non-hydrogen) atoms. The van der Waals surface area contributed by atoms with E-state index in [0.29, 0.717) is 5.92 Å². The van der Waals surface area contributed by atoms with Crippen LogP contribution in [0.25, 0.3) is 0 Å². The van der Waals surface area contributed by atoms with E-state index in [-0.39, 0.29) is 6.10 Å². The van der Waals surface area contributed by atoms with Crippen LogP contribution in [0.3, 0.4) is 0 Å². The van der Waals surface area contributed by atoms with E-state index < -0.39 is 0 Å². The molecule has 1 unspecified atom stereocenters. The van der Waals surface area contributed by atoms with Crippen molar-refractivity contribution in [2.45, 2.75) is 38.7 Å². The summed E-state index contributed by atoms with van der Waals surface area (Å²) in [5, 5.41) is 3.33. The van der Waals surface area contributed by atoms with E-state index >= 15 is 0 Å². The fraction of sp³-hybridized carbons (Fsp3) is 0.727. The van der Waals surface area contributed by atoms with Crippen molar-refractivity contribution in [3.63, 3.8) is 0 Å². The maximum atomic E-state index is 5.50. The molecule has 1 atom stereocenters. The highest BCUT2D eigenvalue weighted by Crippen LogP contribution is 2.43. The normalized spacial score (nSPS) is 18.9. The zero-order valence-electron chi connectivity index (χ0n) is 8.99. The number of aromatic nitrogens is 1. The number of ether oxygens (including phenoxy) is 1. The second-order valence-electron chi connectivity index (χ2n) is 4.26. The number of nitrogens with zero attached hydrogens (tertiary/aromatic N) is 1. The van der Waals surface area contributed by atoms with Crippen LogP contribution < -0.4 is 0 Å². The molecule has 2 rings (SSSR count). The SMILES string of the molecule is COC(c1nc(C(C)C)cs1)C1CC1. The molecule has 2 nitrogen and oxygen atoms in total. The smallest absolute Gasteiger partial charge is 0.122 e. The summed E-state index contributed by atoms with van der Waals surface area (Å²) in [7, 11) is 1.79. The Morgan fingerprint density at radius 2 is 2.21 bits per heavy atom. The van der Waals surface area contributed by atoms with Crippen LogP contribution >= 0.6 is 11.3 Å². The third-order valence-corrected chi connectivity index (χ3v) is 3.60.